The summed E-state index contributed by atoms with van der Waals surface area (Å²) in [5.41, 5.74) is 1.91. The minimum atomic E-state index is -0.327. The fourth-order valence-electron chi connectivity index (χ4n) is 2.47. The van der Waals surface area contributed by atoms with E-state index in [0.29, 0.717) is 13.2 Å². The van der Waals surface area contributed by atoms with Crippen LogP contribution in [0.1, 0.15) is 0 Å². The van der Waals surface area contributed by atoms with Crippen LogP contribution < -0.4 is 14.5 Å². The van der Waals surface area contributed by atoms with E-state index in [1.807, 2.05) is 73.6 Å². The number of benzene rings is 2. The van der Waals surface area contributed by atoms with E-state index in [-0.39, 0.29) is 12.2 Å². The SMILES string of the molecule is CN(C)c1cccc(OCC2CN(c3ccccc3)C(=O)O2)c1. The van der Waals surface area contributed by atoms with E-state index in [2.05, 4.69) is 0 Å². The number of para-hydroxylation sites is 1. The van der Waals surface area contributed by atoms with Crippen molar-refractivity contribution < 1.29 is 14.3 Å². The van der Waals surface area contributed by atoms with Gasteiger partial charge >= 0.3 is 6.09 Å². The van der Waals surface area contributed by atoms with Gasteiger partial charge in [-0.05, 0) is 24.3 Å². The zero-order valence-electron chi connectivity index (χ0n) is 13.3. The molecule has 5 nitrogen and oxygen atoms in total. The van der Waals surface area contributed by atoms with E-state index in [1.165, 1.54) is 0 Å². The number of hydrogen-bond acceptors (Lipinski definition) is 4. The second-order valence-electron chi connectivity index (χ2n) is 5.65. The maximum Gasteiger partial charge on any atom is 0.414 e. The summed E-state index contributed by atoms with van der Waals surface area (Å²) in [5.74, 6) is 0.769. The van der Waals surface area contributed by atoms with E-state index in [4.69, 9.17) is 9.47 Å². The number of anilines is 2. The second-order valence-corrected chi connectivity index (χ2v) is 5.65. The number of carbonyl (C=O) groups is 1. The molecule has 2 aromatic carbocycles. The zero-order chi connectivity index (χ0) is 16.2. The smallest absolute Gasteiger partial charge is 0.414 e. The molecule has 1 aliphatic rings. The third-order valence-electron chi connectivity index (χ3n) is 3.71. The third-order valence-corrected chi connectivity index (χ3v) is 3.71. The molecule has 1 saturated heterocycles. The number of carbonyl (C=O) groups excluding carboxylic acids is 1. The van der Waals surface area contributed by atoms with Crippen LogP contribution in [0.15, 0.2) is 54.6 Å². The Bertz CT molecular complexity index is 673. The largest absolute Gasteiger partial charge is 0.490 e. The average molecular weight is 312 g/mol. The highest BCUT2D eigenvalue weighted by Crippen LogP contribution is 2.23. The van der Waals surface area contributed by atoms with Crippen LogP contribution in [0.25, 0.3) is 0 Å². The molecule has 0 bridgehead atoms. The molecule has 1 amide bonds. The van der Waals surface area contributed by atoms with Crippen molar-refractivity contribution >= 4 is 17.5 Å². The number of rotatable bonds is 5. The van der Waals surface area contributed by atoms with Crippen molar-refractivity contribution in [3.05, 3.63) is 54.6 Å². The molecule has 0 N–H and O–H groups in total. The summed E-state index contributed by atoms with van der Waals surface area (Å²) in [6.45, 7) is 0.835. The fraction of sp³-hybridized carbons (Fsp3) is 0.278. The Morgan fingerprint density at radius 1 is 1.17 bits per heavy atom. The normalized spacial score (nSPS) is 17.0. The van der Waals surface area contributed by atoms with Crippen molar-refractivity contribution in [2.24, 2.45) is 0 Å². The maximum absolute atomic E-state index is 12.0. The molecule has 1 atom stereocenters. The summed E-state index contributed by atoms with van der Waals surface area (Å²) in [6.07, 6.45) is -0.599. The monoisotopic (exact) mass is 312 g/mol. The van der Waals surface area contributed by atoms with Crippen LogP contribution >= 0.6 is 0 Å². The molecule has 0 radical (unpaired) electrons. The van der Waals surface area contributed by atoms with E-state index in [0.717, 1.165) is 17.1 Å². The van der Waals surface area contributed by atoms with Crippen LogP contribution in [0.4, 0.5) is 16.2 Å². The van der Waals surface area contributed by atoms with Crippen LogP contribution in [-0.2, 0) is 4.74 Å². The standard InChI is InChI=1S/C18H20N2O3/c1-19(2)15-9-6-10-16(11-15)22-13-17-12-20(18(21)23-17)14-7-4-3-5-8-14/h3-11,17H,12-13H2,1-2H3. The van der Waals surface area contributed by atoms with Gasteiger partial charge in [0.05, 0.1) is 6.54 Å². The minimum absolute atomic E-state index is 0.272. The van der Waals surface area contributed by atoms with Gasteiger partial charge in [-0.1, -0.05) is 24.3 Å². The third kappa shape index (κ3) is 3.56. The molecule has 0 aromatic heterocycles. The van der Waals surface area contributed by atoms with Crippen molar-refractivity contribution in [1.82, 2.24) is 0 Å². The highest BCUT2D eigenvalue weighted by Gasteiger charge is 2.32. The van der Waals surface area contributed by atoms with Crippen molar-refractivity contribution in [2.45, 2.75) is 6.10 Å². The van der Waals surface area contributed by atoms with Gasteiger partial charge in [-0.2, -0.15) is 0 Å². The van der Waals surface area contributed by atoms with Crippen LogP contribution in [-0.4, -0.2) is 39.4 Å². The van der Waals surface area contributed by atoms with Crippen LogP contribution in [0.2, 0.25) is 0 Å². The Balaban J connectivity index is 1.60. The number of cyclic esters (lactones) is 1. The van der Waals surface area contributed by atoms with E-state index in [1.54, 1.807) is 4.90 Å². The molecule has 120 valence electrons. The summed E-state index contributed by atoms with van der Waals surface area (Å²) in [6, 6.07) is 17.3. The predicted octanol–water partition coefficient (Wildman–Crippen LogP) is 3.16. The molecular weight excluding hydrogens is 292 g/mol. The molecular formula is C18H20N2O3. The summed E-state index contributed by atoms with van der Waals surface area (Å²) in [5, 5.41) is 0. The second kappa shape index (κ2) is 6.60. The van der Waals surface area contributed by atoms with Gasteiger partial charge < -0.3 is 14.4 Å². The number of nitrogens with zero attached hydrogens (tertiary/aromatic N) is 2. The number of hydrogen-bond donors (Lipinski definition) is 0. The summed E-state index contributed by atoms with van der Waals surface area (Å²) in [4.78, 5) is 15.6. The minimum Gasteiger partial charge on any atom is -0.490 e. The highest BCUT2D eigenvalue weighted by atomic mass is 16.6. The Morgan fingerprint density at radius 2 is 1.96 bits per heavy atom. The first kappa shape index (κ1) is 15.2. The zero-order valence-corrected chi connectivity index (χ0v) is 13.3. The summed E-state index contributed by atoms with van der Waals surface area (Å²) in [7, 11) is 3.96. The molecule has 1 fully saturated rings. The molecule has 5 heteroatoms. The van der Waals surface area contributed by atoms with E-state index in [9.17, 15) is 4.79 Å². The van der Waals surface area contributed by atoms with Crippen LogP contribution in [0.5, 0.6) is 5.75 Å². The molecule has 1 aliphatic heterocycles. The highest BCUT2D eigenvalue weighted by molar-refractivity contribution is 5.89. The molecule has 0 spiro atoms. The molecule has 2 aromatic rings. The average Bonchev–Trinajstić information content (AvgIpc) is 2.95. The molecule has 23 heavy (non-hydrogen) atoms. The Kier molecular flexibility index (Phi) is 4.37. The molecule has 0 saturated carbocycles. The molecule has 1 heterocycles. The lowest BCUT2D eigenvalue weighted by Gasteiger charge is -2.15. The number of amides is 1. The van der Waals surface area contributed by atoms with Gasteiger partial charge in [0.1, 0.15) is 12.4 Å². The summed E-state index contributed by atoms with van der Waals surface area (Å²) < 4.78 is 11.2. The van der Waals surface area contributed by atoms with Gasteiger partial charge in [0, 0.05) is 31.5 Å². The van der Waals surface area contributed by atoms with E-state index < -0.39 is 0 Å². The van der Waals surface area contributed by atoms with Gasteiger partial charge in [-0.15, -0.1) is 0 Å². The van der Waals surface area contributed by atoms with E-state index >= 15 is 0 Å². The molecule has 0 aliphatic carbocycles. The van der Waals surface area contributed by atoms with Crippen LogP contribution in [0, 0.1) is 0 Å². The summed E-state index contributed by atoms with van der Waals surface area (Å²) >= 11 is 0. The lowest BCUT2D eigenvalue weighted by Crippen LogP contribution is -2.26. The van der Waals surface area contributed by atoms with Crippen LogP contribution in [0.3, 0.4) is 0 Å². The number of ether oxygens (including phenoxy) is 2. The molecule has 1 unspecified atom stereocenters. The molecule has 3 rings (SSSR count). The first-order valence-electron chi connectivity index (χ1n) is 7.57. The lowest BCUT2D eigenvalue weighted by atomic mass is 10.2. The first-order chi connectivity index (χ1) is 11.1. The Hall–Kier alpha value is -2.69. The van der Waals surface area contributed by atoms with Gasteiger partial charge in [0.2, 0.25) is 0 Å². The van der Waals surface area contributed by atoms with Crippen molar-refractivity contribution in [1.29, 1.82) is 0 Å². The van der Waals surface area contributed by atoms with Gasteiger partial charge in [-0.3, -0.25) is 4.90 Å². The van der Waals surface area contributed by atoms with Crippen molar-refractivity contribution in [2.75, 3.05) is 37.0 Å². The van der Waals surface area contributed by atoms with Gasteiger partial charge in [-0.25, -0.2) is 4.79 Å². The fourth-order valence-corrected chi connectivity index (χ4v) is 2.47. The lowest BCUT2D eigenvalue weighted by molar-refractivity contribution is 0.105. The van der Waals surface area contributed by atoms with Crippen molar-refractivity contribution in [3.63, 3.8) is 0 Å². The quantitative estimate of drug-likeness (QED) is 0.850. The first-order valence-corrected chi connectivity index (χ1v) is 7.57. The van der Waals surface area contributed by atoms with Crippen molar-refractivity contribution in [3.8, 4) is 5.75 Å². The van der Waals surface area contributed by atoms with Gasteiger partial charge in [0.15, 0.2) is 6.10 Å². The Morgan fingerprint density at radius 3 is 2.70 bits per heavy atom. The predicted molar refractivity (Wildman–Crippen MR) is 90.3 cm³/mol. The Labute approximate surface area is 136 Å². The van der Waals surface area contributed by atoms with Gasteiger partial charge in [0.25, 0.3) is 0 Å². The topological polar surface area (TPSA) is 42.0 Å². The maximum atomic E-state index is 12.0.